The molecule has 1 atom stereocenters. The zero-order valence-electron chi connectivity index (χ0n) is 10.7. The van der Waals surface area contributed by atoms with E-state index < -0.39 is 6.10 Å². The van der Waals surface area contributed by atoms with Gasteiger partial charge in [0.2, 0.25) is 0 Å². The Labute approximate surface area is 106 Å². The van der Waals surface area contributed by atoms with Crippen LogP contribution in [0.4, 0.5) is 5.69 Å². The number of nitrogens with zero attached hydrogens (tertiary/aromatic N) is 1. The van der Waals surface area contributed by atoms with E-state index in [2.05, 4.69) is 10.3 Å². The number of aryl methyl sites for hydroxylation is 1. The van der Waals surface area contributed by atoms with Crippen LogP contribution in [0, 0.1) is 6.92 Å². The molecule has 2 rings (SSSR count). The zero-order valence-corrected chi connectivity index (χ0v) is 10.7. The second-order valence-corrected chi connectivity index (χ2v) is 4.18. The van der Waals surface area contributed by atoms with Crippen LogP contribution >= 0.6 is 0 Å². The maximum atomic E-state index is 11.8. The third-order valence-electron chi connectivity index (χ3n) is 2.90. The molecule has 0 unspecified atom stereocenters. The van der Waals surface area contributed by atoms with Gasteiger partial charge in [0.05, 0.1) is 16.9 Å². The highest BCUT2D eigenvalue weighted by molar-refractivity contribution is 5.96. The summed E-state index contributed by atoms with van der Waals surface area (Å²) in [6, 6.07) is 9.74. The summed E-state index contributed by atoms with van der Waals surface area (Å²) in [6.45, 7) is 3.58. The number of fused-ring (bicyclic) bond motifs is 1. The summed E-state index contributed by atoms with van der Waals surface area (Å²) < 4.78 is 4.98. The number of benzene rings is 1. The summed E-state index contributed by atoms with van der Waals surface area (Å²) in [6.07, 6.45) is -0.476. The number of carbonyl (C=O) groups excluding carboxylic acids is 1. The van der Waals surface area contributed by atoms with Crippen molar-refractivity contribution in [3.63, 3.8) is 0 Å². The van der Waals surface area contributed by atoms with Gasteiger partial charge in [-0.15, -0.1) is 0 Å². The first kappa shape index (κ1) is 12.5. The first-order chi connectivity index (χ1) is 8.61. The van der Waals surface area contributed by atoms with Crippen molar-refractivity contribution in [2.45, 2.75) is 20.0 Å². The van der Waals surface area contributed by atoms with Crippen molar-refractivity contribution in [2.75, 3.05) is 12.4 Å². The van der Waals surface area contributed by atoms with Gasteiger partial charge < -0.3 is 10.1 Å². The van der Waals surface area contributed by atoms with E-state index in [0.717, 1.165) is 22.3 Å². The molecular formula is C14H16N2O2. The standard InChI is InChI=1S/C14H16N2O2/c1-9-13(16-14(17)10(2)18-3)8-11-6-4-5-7-12(11)15-9/h4-8,10H,1-3H3,(H,16,17)/t10-/m1/s1. The predicted molar refractivity (Wildman–Crippen MR) is 71.6 cm³/mol. The Morgan fingerprint density at radius 2 is 2.11 bits per heavy atom. The van der Waals surface area contributed by atoms with E-state index in [1.807, 2.05) is 37.3 Å². The molecule has 1 aromatic heterocycles. The van der Waals surface area contributed by atoms with E-state index in [1.54, 1.807) is 6.92 Å². The molecule has 0 fully saturated rings. The minimum Gasteiger partial charge on any atom is -0.372 e. The summed E-state index contributed by atoms with van der Waals surface area (Å²) in [7, 11) is 1.51. The molecule has 0 bridgehead atoms. The second kappa shape index (κ2) is 5.14. The smallest absolute Gasteiger partial charge is 0.253 e. The van der Waals surface area contributed by atoms with Crippen LogP contribution in [0.5, 0.6) is 0 Å². The molecule has 0 aliphatic rings. The minimum absolute atomic E-state index is 0.169. The predicted octanol–water partition coefficient (Wildman–Crippen LogP) is 2.52. The maximum absolute atomic E-state index is 11.8. The number of hydrogen-bond acceptors (Lipinski definition) is 3. The van der Waals surface area contributed by atoms with Gasteiger partial charge in [-0.05, 0) is 26.0 Å². The molecule has 0 saturated carbocycles. The summed E-state index contributed by atoms with van der Waals surface area (Å²) in [5, 5.41) is 3.83. The normalized spacial score (nSPS) is 12.4. The van der Waals surface area contributed by atoms with Crippen molar-refractivity contribution in [1.82, 2.24) is 4.98 Å². The van der Waals surface area contributed by atoms with Crippen LogP contribution in [0.3, 0.4) is 0 Å². The Hall–Kier alpha value is -1.94. The average molecular weight is 244 g/mol. The van der Waals surface area contributed by atoms with Gasteiger partial charge in [-0.25, -0.2) is 0 Å². The molecule has 1 N–H and O–H groups in total. The van der Waals surface area contributed by atoms with Gasteiger partial charge in [-0.2, -0.15) is 0 Å². The van der Waals surface area contributed by atoms with Gasteiger partial charge >= 0.3 is 0 Å². The molecule has 18 heavy (non-hydrogen) atoms. The Morgan fingerprint density at radius 1 is 1.39 bits per heavy atom. The second-order valence-electron chi connectivity index (χ2n) is 4.18. The number of para-hydroxylation sites is 1. The van der Waals surface area contributed by atoms with E-state index in [0.29, 0.717) is 0 Å². The van der Waals surface area contributed by atoms with Crippen molar-refractivity contribution < 1.29 is 9.53 Å². The van der Waals surface area contributed by atoms with Crippen molar-refractivity contribution in [1.29, 1.82) is 0 Å². The number of pyridine rings is 1. The molecular weight excluding hydrogens is 228 g/mol. The monoisotopic (exact) mass is 244 g/mol. The van der Waals surface area contributed by atoms with E-state index in [1.165, 1.54) is 7.11 Å². The Bertz CT molecular complexity index is 581. The van der Waals surface area contributed by atoms with Gasteiger partial charge in [-0.1, -0.05) is 18.2 Å². The Balaban J connectivity index is 2.33. The molecule has 0 aliphatic carbocycles. The van der Waals surface area contributed by atoms with Crippen molar-refractivity contribution in [2.24, 2.45) is 0 Å². The minimum atomic E-state index is -0.476. The van der Waals surface area contributed by atoms with E-state index in [-0.39, 0.29) is 5.91 Å². The molecule has 1 heterocycles. The van der Waals surface area contributed by atoms with Crippen molar-refractivity contribution >= 4 is 22.5 Å². The Morgan fingerprint density at radius 3 is 2.83 bits per heavy atom. The van der Waals surface area contributed by atoms with Crippen LogP contribution in [0.25, 0.3) is 10.9 Å². The van der Waals surface area contributed by atoms with E-state index in [4.69, 9.17) is 4.74 Å². The van der Waals surface area contributed by atoms with Crippen LogP contribution < -0.4 is 5.32 Å². The lowest BCUT2D eigenvalue weighted by atomic mass is 10.2. The van der Waals surface area contributed by atoms with Crippen LogP contribution in [-0.2, 0) is 9.53 Å². The number of anilines is 1. The van der Waals surface area contributed by atoms with Crippen molar-refractivity contribution in [3.8, 4) is 0 Å². The highest BCUT2D eigenvalue weighted by Crippen LogP contribution is 2.20. The molecule has 2 aromatic rings. The van der Waals surface area contributed by atoms with Crippen LogP contribution in [0.1, 0.15) is 12.6 Å². The number of hydrogen-bond donors (Lipinski definition) is 1. The number of amides is 1. The van der Waals surface area contributed by atoms with E-state index >= 15 is 0 Å². The summed E-state index contributed by atoms with van der Waals surface area (Å²) in [5.74, 6) is -0.169. The molecule has 0 spiro atoms. The maximum Gasteiger partial charge on any atom is 0.253 e. The quantitative estimate of drug-likeness (QED) is 0.902. The van der Waals surface area contributed by atoms with Gasteiger partial charge in [-0.3, -0.25) is 9.78 Å². The number of carbonyl (C=O) groups is 1. The summed E-state index contributed by atoms with van der Waals surface area (Å²) in [4.78, 5) is 16.2. The largest absolute Gasteiger partial charge is 0.372 e. The highest BCUT2D eigenvalue weighted by atomic mass is 16.5. The lowest BCUT2D eigenvalue weighted by molar-refractivity contribution is -0.124. The molecule has 1 amide bonds. The molecule has 0 aliphatic heterocycles. The number of rotatable bonds is 3. The van der Waals surface area contributed by atoms with Crippen LogP contribution in [0.2, 0.25) is 0 Å². The summed E-state index contributed by atoms with van der Waals surface area (Å²) >= 11 is 0. The number of methoxy groups -OCH3 is 1. The third-order valence-corrected chi connectivity index (χ3v) is 2.90. The molecule has 1 aromatic carbocycles. The molecule has 4 heteroatoms. The molecule has 0 radical (unpaired) electrons. The average Bonchev–Trinajstić information content (AvgIpc) is 2.38. The number of nitrogens with one attached hydrogen (secondary N) is 1. The third kappa shape index (κ3) is 2.49. The van der Waals surface area contributed by atoms with Crippen molar-refractivity contribution in [3.05, 3.63) is 36.0 Å². The first-order valence-electron chi connectivity index (χ1n) is 5.82. The fourth-order valence-electron chi connectivity index (χ4n) is 1.68. The highest BCUT2D eigenvalue weighted by Gasteiger charge is 2.13. The zero-order chi connectivity index (χ0) is 13.1. The Kier molecular flexibility index (Phi) is 3.58. The fraction of sp³-hybridized carbons (Fsp3) is 0.286. The van der Waals surface area contributed by atoms with E-state index in [9.17, 15) is 4.79 Å². The van der Waals surface area contributed by atoms with Gasteiger partial charge in [0.25, 0.3) is 5.91 Å². The van der Waals surface area contributed by atoms with Crippen LogP contribution in [0.15, 0.2) is 30.3 Å². The molecule has 0 saturated heterocycles. The van der Waals surface area contributed by atoms with Gasteiger partial charge in [0.1, 0.15) is 6.10 Å². The fourth-order valence-corrected chi connectivity index (χ4v) is 1.68. The lowest BCUT2D eigenvalue weighted by Crippen LogP contribution is -2.26. The first-order valence-corrected chi connectivity index (χ1v) is 5.82. The van der Waals surface area contributed by atoms with Gasteiger partial charge in [0, 0.05) is 12.5 Å². The number of ether oxygens (including phenoxy) is 1. The summed E-state index contributed by atoms with van der Waals surface area (Å²) in [5.41, 5.74) is 2.45. The topological polar surface area (TPSA) is 51.2 Å². The number of aromatic nitrogens is 1. The SMILES string of the molecule is CO[C@H](C)C(=O)Nc1cc2ccccc2nc1C. The lowest BCUT2D eigenvalue weighted by Gasteiger charge is -2.12. The molecule has 4 nitrogen and oxygen atoms in total. The van der Waals surface area contributed by atoms with Gasteiger partial charge in [0.15, 0.2) is 0 Å². The molecule has 94 valence electrons. The van der Waals surface area contributed by atoms with Crippen LogP contribution in [-0.4, -0.2) is 24.1 Å².